The minimum absolute atomic E-state index is 0. The molecule has 360 valence electrons. The molecule has 74 heavy (non-hydrogen) atoms. The van der Waals surface area contributed by atoms with Gasteiger partial charge in [0.25, 0.3) is 0 Å². The number of nitrogens with one attached hydrogen (secondary N) is 6. The Morgan fingerprint density at radius 1 is 0.473 bits per heavy atom. The van der Waals surface area contributed by atoms with Crippen molar-refractivity contribution in [3.05, 3.63) is 217 Å². The molecule has 6 N–H and O–H groups in total. The SMILES string of the molecule is O=S(=O)([O-])c1cc(N(Nc2cccc3ccccc23)N2N=CC=C(Nc3ccccc3)N2)ccc1/C=C/c1ccc(N(Nc2cccc3ccccc23)N2N=CC=C(Nc3ccccc3)N2)cc1S(=O)(=O)[O-].[Na+].[Na+]. The minimum Gasteiger partial charge on any atom is -0.744 e. The van der Waals surface area contributed by atoms with Crippen LogP contribution in [0.1, 0.15) is 11.1 Å². The number of benzene rings is 8. The Morgan fingerprint density at radius 2 is 0.851 bits per heavy atom. The first-order valence-electron chi connectivity index (χ1n) is 22.2. The molecule has 18 nitrogen and oxygen atoms in total. The fourth-order valence-electron chi connectivity index (χ4n) is 7.90. The molecule has 0 bridgehead atoms. The third-order valence-corrected chi connectivity index (χ3v) is 13.0. The zero-order chi connectivity index (χ0) is 49.7. The van der Waals surface area contributed by atoms with E-state index in [4.69, 9.17) is 0 Å². The Balaban J connectivity index is 0.00000364. The summed E-state index contributed by atoms with van der Waals surface area (Å²) in [5.41, 5.74) is 15.9. The van der Waals surface area contributed by atoms with Crippen LogP contribution in [0.4, 0.5) is 34.1 Å². The topological polar surface area (TPSA) is 224 Å². The first-order chi connectivity index (χ1) is 34.9. The van der Waals surface area contributed by atoms with Crippen LogP contribution in [0.25, 0.3) is 33.7 Å². The number of para-hydroxylation sites is 2. The molecular weight excluding hydrogens is 999 g/mol. The molecule has 0 radical (unpaired) electrons. The van der Waals surface area contributed by atoms with Gasteiger partial charge in [0.1, 0.15) is 31.9 Å². The first kappa shape index (κ1) is 53.0. The summed E-state index contributed by atoms with van der Waals surface area (Å²) in [6, 6.07) is 53.7. The van der Waals surface area contributed by atoms with E-state index in [1.807, 2.05) is 146 Å². The largest absolute Gasteiger partial charge is 1.00 e. The van der Waals surface area contributed by atoms with E-state index >= 15 is 0 Å². The molecule has 0 amide bonds. The monoisotopic (exact) mass is 1040 g/mol. The number of hydrazone groups is 2. The van der Waals surface area contributed by atoms with Crippen LogP contribution < -0.4 is 102 Å². The van der Waals surface area contributed by atoms with Crippen LogP contribution in [0.2, 0.25) is 0 Å². The van der Waals surface area contributed by atoms with Gasteiger partial charge in [0.05, 0.1) is 45.0 Å². The molecule has 8 aromatic rings. The van der Waals surface area contributed by atoms with Crippen molar-refractivity contribution < 1.29 is 85.1 Å². The number of fused-ring (bicyclic) bond motifs is 2. The predicted octanol–water partition coefficient (Wildman–Crippen LogP) is 3.00. The summed E-state index contributed by atoms with van der Waals surface area (Å²) in [5.74, 6) is 1.03. The van der Waals surface area contributed by atoms with Crippen molar-refractivity contribution in [3.8, 4) is 0 Å². The number of hydrazine groups is 6. The molecule has 0 spiro atoms. The van der Waals surface area contributed by atoms with Crippen LogP contribution in [0.15, 0.2) is 226 Å². The van der Waals surface area contributed by atoms with Gasteiger partial charge in [-0.25, -0.2) is 27.7 Å². The molecule has 0 aliphatic carbocycles. The number of nitrogens with zero attached hydrogens (tertiary/aromatic N) is 6. The molecule has 0 saturated heterocycles. The Kier molecular flexibility index (Phi) is 16.6. The minimum atomic E-state index is -5.21. The summed E-state index contributed by atoms with van der Waals surface area (Å²) in [6.07, 6.45) is 9.00. The van der Waals surface area contributed by atoms with Gasteiger partial charge in [0.15, 0.2) is 0 Å². The Bertz CT molecular complexity index is 3470. The molecule has 0 unspecified atom stereocenters. The van der Waals surface area contributed by atoms with Crippen LogP contribution >= 0.6 is 0 Å². The van der Waals surface area contributed by atoms with Gasteiger partial charge >= 0.3 is 59.1 Å². The summed E-state index contributed by atoms with van der Waals surface area (Å²) in [5, 5.41) is 24.6. The van der Waals surface area contributed by atoms with Crippen molar-refractivity contribution in [3.63, 3.8) is 0 Å². The molecule has 0 saturated carbocycles. The molecule has 0 fully saturated rings. The van der Waals surface area contributed by atoms with E-state index in [-0.39, 0.29) is 81.6 Å². The van der Waals surface area contributed by atoms with Gasteiger partial charge in [-0.3, -0.25) is 10.9 Å². The third-order valence-electron chi connectivity index (χ3n) is 11.3. The normalized spacial score (nSPS) is 13.2. The molecule has 2 heterocycles. The zero-order valence-corrected chi connectivity index (χ0v) is 45.4. The van der Waals surface area contributed by atoms with Crippen molar-refractivity contribution in [1.82, 2.24) is 21.3 Å². The maximum atomic E-state index is 13.2. The zero-order valence-electron chi connectivity index (χ0n) is 39.7. The molecule has 10 rings (SSSR count). The number of hydrogen-bond acceptors (Lipinski definition) is 18. The van der Waals surface area contributed by atoms with E-state index in [1.54, 1.807) is 24.3 Å². The van der Waals surface area contributed by atoms with Crippen molar-refractivity contribution in [1.29, 1.82) is 0 Å². The number of hydrogen-bond donors (Lipinski definition) is 6. The average molecular weight is 1040 g/mol. The van der Waals surface area contributed by atoms with E-state index in [2.05, 4.69) is 42.5 Å². The molecule has 0 atom stereocenters. The number of rotatable bonds is 16. The standard InChI is InChI=1S/C52H44N12O6S2.2Na/c65-71(66,67)49-35-43(61(57-47-23-11-15-37-13-7-9-21-45(37)47)63-53-33-31-51(59-63)55-41-17-3-1-4-18-41)29-27-39(49)25-26-40-28-30-44(36-50(40)72(68,69)70)62(58-48-24-12-16-38-14-8-10-22-46(38)48)64-54-34-32-52(60-64)56-42-19-5-2-6-20-42;;/h1-36,55-60H,(H,65,66,67)(H,68,69,70);;/q;2*+1/p-2/b26-25+;;. The van der Waals surface area contributed by atoms with Gasteiger partial charge < -0.3 is 19.7 Å². The maximum Gasteiger partial charge on any atom is 1.00 e. The predicted molar refractivity (Wildman–Crippen MR) is 281 cm³/mol. The van der Waals surface area contributed by atoms with Crippen molar-refractivity contribution in [2.24, 2.45) is 10.2 Å². The van der Waals surface area contributed by atoms with Gasteiger partial charge in [-0.1, -0.05) is 144 Å². The quantitative estimate of drug-likeness (QED) is 0.0354. The maximum absolute atomic E-state index is 13.2. The van der Waals surface area contributed by atoms with E-state index in [9.17, 15) is 25.9 Å². The number of allylic oxidation sites excluding steroid dienone is 2. The van der Waals surface area contributed by atoms with Crippen molar-refractivity contribution in [2.45, 2.75) is 9.79 Å². The van der Waals surface area contributed by atoms with Gasteiger partial charge in [-0.2, -0.15) is 10.2 Å². The van der Waals surface area contributed by atoms with Crippen LogP contribution in [0.5, 0.6) is 0 Å². The third kappa shape index (κ3) is 12.4. The van der Waals surface area contributed by atoms with Crippen LogP contribution in [-0.4, -0.2) is 48.8 Å². The molecule has 2 aliphatic rings. The summed E-state index contributed by atoms with van der Waals surface area (Å²) in [4.78, 5) is -1.29. The summed E-state index contributed by atoms with van der Waals surface area (Å²) in [7, 11) is -10.4. The van der Waals surface area contributed by atoms with Gasteiger partial charge in [0.2, 0.25) is 0 Å². The van der Waals surface area contributed by atoms with Gasteiger partial charge in [-0.15, -0.1) is 10.2 Å². The van der Waals surface area contributed by atoms with Gasteiger partial charge in [0, 0.05) is 34.3 Å². The van der Waals surface area contributed by atoms with E-state index in [1.165, 1.54) is 69.5 Å². The van der Waals surface area contributed by atoms with E-state index in [0.29, 0.717) is 23.0 Å². The van der Waals surface area contributed by atoms with Gasteiger partial charge in [-0.05, 0) is 82.6 Å². The molecule has 0 aromatic heterocycles. The smallest absolute Gasteiger partial charge is 0.744 e. The van der Waals surface area contributed by atoms with Crippen LogP contribution in [0.3, 0.4) is 0 Å². The molecular formula is C52H42N12Na2O6S2. The van der Waals surface area contributed by atoms with Crippen LogP contribution in [-0.2, 0) is 20.2 Å². The summed E-state index contributed by atoms with van der Waals surface area (Å²) >= 11 is 0. The average Bonchev–Trinajstić information content (AvgIpc) is 3.39. The van der Waals surface area contributed by atoms with Crippen LogP contribution in [0, 0.1) is 0 Å². The Hall–Kier alpha value is -7.34. The van der Waals surface area contributed by atoms with Crippen molar-refractivity contribution in [2.75, 3.05) is 31.7 Å². The fourth-order valence-corrected chi connectivity index (χ4v) is 9.28. The molecule has 8 aromatic carbocycles. The Labute approximate surface area is 471 Å². The van der Waals surface area contributed by atoms with Crippen molar-refractivity contribution >= 4 is 100 Å². The fraction of sp³-hybridized carbons (Fsp3) is 0. The first-order valence-corrected chi connectivity index (χ1v) is 25.0. The second kappa shape index (κ2) is 23.3. The van der Waals surface area contributed by atoms with E-state index in [0.717, 1.165) is 32.9 Å². The summed E-state index contributed by atoms with van der Waals surface area (Å²) in [6.45, 7) is 0. The Morgan fingerprint density at radius 3 is 1.26 bits per heavy atom. The second-order valence-electron chi connectivity index (χ2n) is 16.1. The molecule has 22 heteroatoms. The number of anilines is 6. The van der Waals surface area contributed by atoms with E-state index < -0.39 is 30.0 Å². The second-order valence-corrected chi connectivity index (χ2v) is 18.8. The molecule has 2 aliphatic heterocycles. The summed E-state index contributed by atoms with van der Waals surface area (Å²) < 4.78 is 79.0.